The number of carboxylic acids is 1. The molecule has 0 aliphatic rings. The fourth-order valence-electron chi connectivity index (χ4n) is 1.67. The van der Waals surface area contributed by atoms with Crippen LogP contribution in [-0.2, 0) is 11.3 Å². The van der Waals surface area contributed by atoms with Gasteiger partial charge < -0.3 is 25.6 Å². The molecule has 1 rings (SSSR count). The molecule has 0 spiro atoms. The van der Waals surface area contributed by atoms with E-state index in [9.17, 15) is 9.59 Å². The number of halogens is 1. The summed E-state index contributed by atoms with van der Waals surface area (Å²) in [6.45, 7) is -0.254. The summed E-state index contributed by atoms with van der Waals surface area (Å²) < 4.78 is 5.13. The molecule has 0 aliphatic heterocycles. The van der Waals surface area contributed by atoms with Crippen molar-refractivity contribution >= 4 is 23.6 Å². The molecule has 7 nitrogen and oxygen atoms in total. The minimum absolute atomic E-state index is 0.0713. The second-order valence-corrected chi connectivity index (χ2v) is 4.56. The molecule has 1 aromatic rings. The summed E-state index contributed by atoms with van der Waals surface area (Å²) >= 11 is 6.02. The highest BCUT2D eigenvalue weighted by Crippen LogP contribution is 2.25. The largest absolute Gasteiger partial charge is 0.496 e. The van der Waals surface area contributed by atoms with E-state index in [1.807, 2.05) is 0 Å². The van der Waals surface area contributed by atoms with Crippen LogP contribution in [0.15, 0.2) is 18.2 Å². The van der Waals surface area contributed by atoms with Gasteiger partial charge in [-0.3, -0.25) is 0 Å². The second-order valence-electron chi connectivity index (χ2n) is 4.15. The molecule has 1 atom stereocenters. The van der Waals surface area contributed by atoms with Crippen molar-refractivity contribution in [2.24, 2.45) is 0 Å². The van der Waals surface area contributed by atoms with Crippen LogP contribution in [0.5, 0.6) is 5.75 Å². The Kier molecular flexibility index (Phi) is 6.77. The van der Waals surface area contributed by atoms with Crippen LogP contribution < -0.4 is 15.4 Å². The Morgan fingerprint density at radius 2 is 2.14 bits per heavy atom. The summed E-state index contributed by atoms with van der Waals surface area (Å²) in [5, 5.41) is 22.8. The fourth-order valence-corrected chi connectivity index (χ4v) is 1.90. The van der Waals surface area contributed by atoms with Gasteiger partial charge in [-0.05, 0) is 12.1 Å². The summed E-state index contributed by atoms with van der Waals surface area (Å²) in [6, 6.07) is 3.25. The minimum Gasteiger partial charge on any atom is -0.496 e. The Balaban J connectivity index is 2.63. The van der Waals surface area contributed by atoms with Crippen molar-refractivity contribution in [3.8, 4) is 5.75 Å². The molecule has 8 heteroatoms. The molecular formula is C13H17ClN2O5. The Hall–Kier alpha value is -1.99. The third-order valence-corrected chi connectivity index (χ3v) is 3.10. The number of carbonyl (C=O) groups is 2. The van der Waals surface area contributed by atoms with Crippen molar-refractivity contribution < 1.29 is 24.5 Å². The second kappa shape index (κ2) is 8.33. The van der Waals surface area contributed by atoms with Gasteiger partial charge in [-0.25, -0.2) is 9.59 Å². The lowest BCUT2D eigenvalue weighted by Gasteiger charge is -2.15. The zero-order valence-corrected chi connectivity index (χ0v) is 12.2. The summed E-state index contributed by atoms with van der Waals surface area (Å²) in [7, 11) is 1.48. The molecular weight excluding hydrogens is 300 g/mol. The molecule has 0 radical (unpaired) electrons. The molecule has 4 N–H and O–H groups in total. The number of aliphatic carboxylic acids is 1. The number of hydrogen-bond donors (Lipinski definition) is 4. The molecule has 0 heterocycles. The summed E-state index contributed by atoms with van der Waals surface area (Å²) in [6.07, 6.45) is -0.0713. The molecule has 0 saturated carbocycles. The lowest BCUT2D eigenvalue weighted by molar-refractivity contribution is -0.139. The number of aliphatic hydroxyl groups is 1. The number of methoxy groups -OCH3 is 1. The van der Waals surface area contributed by atoms with E-state index in [1.165, 1.54) is 7.11 Å². The van der Waals surface area contributed by atoms with Gasteiger partial charge in [0.2, 0.25) is 0 Å². The predicted octanol–water partition coefficient (Wildman–Crippen LogP) is 0.983. The maximum absolute atomic E-state index is 11.7. The van der Waals surface area contributed by atoms with Gasteiger partial charge in [-0.2, -0.15) is 0 Å². The number of benzene rings is 1. The molecule has 2 amide bonds. The van der Waals surface area contributed by atoms with Crippen LogP contribution in [0.4, 0.5) is 4.79 Å². The molecule has 116 valence electrons. The van der Waals surface area contributed by atoms with Crippen LogP contribution >= 0.6 is 11.6 Å². The number of carboxylic acid groups (broad SMARTS) is 1. The molecule has 1 aromatic carbocycles. The number of amides is 2. The first-order valence-electron chi connectivity index (χ1n) is 6.19. The monoisotopic (exact) mass is 316 g/mol. The maximum atomic E-state index is 11.7. The van der Waals surface area contributed by atoms with Gasteiger partial charge in [-0.1, -0.05) is 17.7 Å². The van der Waals surface area contributed by atoms with Crippen LogP contribution in [0.3, 0.4) is 0 Å². The third-order valence-electron chi connectivity index (χ3n) is 2.74. The Morgan fingerprint density at radius 3 is 2.71 bits per heavy atom. The van der Waals surface area contributed by atoms with E-state index in [-0.39, 0.29) is 19.6 Å². The van der Waals surface area contributed by atoms with Gasteiger partial charge >= 0.3 is 12.0 Å². The fraction of sp³-hybridized carbons (Fsp3) is 0.385. The topological polar surface area (TPSA) is 108 Å². The van der Waals surface area contributed by atoms with Crippen LogP contribution in [-0.4, -0.2) is 42.0 Å². The standard InChI is InChI=1S/C13H17ClN2O5/c1-21-11-4-2-3-9(14)8(11)7-15-13(20)16-10(5-6-17)12(18)19/h2-4,10,17H,5-7H2,1H3,(H,18,19)(H2,15,16,20). The average molecular weight is 317 g/mol. The van der Waals surface area contributed by atoms with Crippen LogP contribution in [0.2, 0.25) is 5.02 Å². The van der Waals surface area contributed by atoms with Crippen molar-refractivity contribution in [2.45, 2.75) is 19.0 Å². The maximum Gasteiger partial charge on any atom is 0.326 e. The first-order chi connectivity index (χ1) is 9.99. The summed E-state index contributed by atoms with van der Waals surface area (Å²) in [5.74, 6) is -0.692. The van der Waals surface area contributed by atoms with Crippen LogP contribution in [0.25, 0.3) is 0 Å². The van der Waals surface area contributed by atoms with Gasteiger partial charge in [0.1, 0.15) is 11.8 Å². The Bertz CT molecular complexity index is 509. The smallest absolute Gasteiger partial charge is 0.326 e. The number of aliphatic hydroxyl groups excluding tert-OH is 1. The number of nitrogens with one attached hydrogen (secondary N) is 2. The Morgan fingerprint density at radius 1 is 1.43 bits per heavy atom. The molecule has 0 aromatic heterocycles. The van der Waals surface area contributed by atoms with Gasteiger partial charge in [0.25, 0.3) is 0 Å². The predicted molar refractivity (Wildman–Crippen MR) is 76.5 cm³/mol. The quantitative estimate of drug-likeness (QED) is 0.600. The van der Waals surface area contributed by atoms with E-state index < -0.39 is 18.0 Å². The van der Waals surface area contributed by atoms with Crippen molar-refractivity contribution in [3.63, 3.8) is 0 Å². The molecule has 0 fully saturated rings. The number of hydrogen-bond acceptors (Lipinski definition) is 4. The van der Waals surface area contributed by atoms with Gasteiger partial charge in [0.15, 0.2) is 0 Å². The first kappa shape index (κ1) is 17.1. The zero-order chi connectivity index (χ0) is 15.8. The van der Waals surface area contributed by atoms with Crippen molar-refractivity contribution in [3.05, 3.63) is 28.8 Å². The first-order valence-corrected chi connectivity index (χ1v) is 6.56. The van der Waals surface area contributed by atoms with E-state index in [0.717, 1.165) is 0 Å². The average Bonchev–Trinajstić information content (AvgIpc) is 2.45. The number of carbonyl (C=O) groups excluding carboxylic acids is 1. The van der Waals surface area contributed by atoms with E-state index in [0.29, 0.717) is 16.3 Å². The van der Waals surface area contributed by atoms with Gasteiger partial charge in [-0.15, -0.1) is 0 Å². The third kappa shape index (κ3) is 5.13. The van der Waals surface area contributed by atoms with Gasteiger partial charge in [0, 0.05) is 30.2 Å². The molecule has 0 aliphatic carbocycles. The Labute approximate surface area is 126 Å². The number of ether oxygens (including phenoxy) is 1. The lowest BCUT2D eigenvalue weighted by atomic mass is 10.2. The number of rotatable bonds is 7. The van der Waals surface area contributed by atoms with E-state index >= 15 is 0 Å². The van der Waals surface area contributed by atoms with E-state index in [1.54, 1.807) is 18.2 Å². The van der Waals surface area contributed by atoms with Crippen molar-refractivity contribution in [1.29, 1.82) is 0 Å². The van der Waals surface area contributed by atoms with Crippen molar-refractivity contribution in [2.75, 3.05) is 13.7 Å². The highest BCUT2D eigenvalue weighted by Gasteiger charge is 2.19. The van der Waals surface area contributed by atoms with Crippen molar-refractivity contribution in [1.82, 2.24) is 10.6 Å². The van der Waals surface area contributed by atoms with Crippen LogP contribution in [0, 0.1) is 0 Å². The molecule has 0 bridgehead atoms. The molecule has 21 heavy (non-hydrogen) atoms. The SMILES string of the molecule is COc1cccc(Cl)c1CNC(=O)NC(CCO)C(=O)O. The summed E-state index contributed by atoms with van der Waals surface area (Å²) in [4.78, 5) is 22.5. The lowest BCUT2D eigenvalue weighted by Crippen LogP contribution is -2.46. The van der Waals surface area contributed by atoms with Gasteiger partial charge in [0.05, 0.1) is 7.11 Å². The number of urea groups is 1. The summed E-state index contributed by atoms with van der Waals surface area (Å²) in [5.41, 5.74) is 0.589. The van der Waals surface area contributed by atoms with E-state index in [2.05, 4.69) is 10.6 Å². The minimum atomic E-state index is -1.21. The molecule has 0 saturated heterocycles. The van der Waals surface area contributed by atoms with E-state index in [4.69, 9.17) is 26.6 Å². The normalized spacial score (nSPS) is 11.6. The van der Waals surface area contributed by atoms with Crippen LogP contribution in [0.1, 0.15) is 12.0 Å². The highest BCUT2D eigenvalue weighted by molar-refractivity contribution is 6.31. The zero-order valence-electron chi connectivity index (χ0n) is 11.4. The highest BCUT2D eigenvalue weighted by atomic mass is 35.5. The molecule has 1 unspecified atom stereocenters.